The van der Waals surface area contributed by atoms with Gasteiger partial charge in [-0.3, -0.25) is 14.7 Å². The minimum atomic E-state index is -0.358. The fourth-order valence-electron chi connectivity index (χ4n) is 2.42. The Hall–Kier alpha value is -3.88. The van der Waals surface area contributed by atoms with Crippen LogP contribution < -0.4 is 15.0 Å². The molecule has 3 aromatic rings. The molecule has 3 rings (SSSR count). The average molecular weight is 394 g/mol. The van der Waals surface area contributed by atoms with Crippen molar-refractivity contribution >= 4 is 23.5 Å². The van der Waals surface area contributed by atoms with Crippen molar-refractivity contribution in [2.24, 2.45) is 0 Å². The van der Waals surface area contributed by atoms with Gasteiger partial charge in [0.05, 0.1) is 12.7 Å². The van der Waals surface area contributed by atoms with Crippen LogP contribution in [0.4, 0.5) is 11.6 Å². The molecule has 2 heterocycles. The number of para-hydroxylation sites is 1. The van der Waals surface area contributed by atoms with Gasteiger partial charge in [-0.15, -0.1) is 0 Å². The molecule has 2 aromatic heterocycles. The van der Waals surface area contributed by atoms with E-state index in [0.717, 1.165) is 0 Å². The van der Waals surface area contributed by atoms with Gasteiger partial charge in [0.2, 0.25) is 11.8 Å². The van der Waals surface area contributed by atoms with Crippen molar-refractivity contribution in [2.45, 2.75) is 0 Å². The Morgan fingerprint density at radius 3 is 2.52 bits per heavy atom. The van der Waals surface area contributed by atoms with Gasteiger partial charge in [0.1, 0.15) is 17.4 Å². The first-order valence-corrected chi connectivity index (χ1v) is 8.89. The Labute approximate surface area is 168 Å². The second-order valence-corrected chi connectivity index (χ2v) is 6.54. The summed E-state index contributed by atoms with van der Waals surface area (Å²) in [4.78, 5) is 32.4. The normalized spacial score (nSPS) is 10.3. The summed E-state index contributed by atoms with van der Waals surface area (Å²) in [6, 6.07) is 13.9. The number of nitrogens with zero attached hydrogens (tertiary/aromatic N) is 4. The van der Waals surface area contributed by atoms with Crippen LogP contribution in [0, 0.1) is 0 Å². The Morgan fingerprint density at radius 2 is 1.86 bits per heavy atom. The number of aromatic nitrogens is 3. The molecule has 0 radical (unpaired) electrons. The molecule has 150 valence electrons. The highest BCUT2D eigenvalue weighted by atomic mass is 16.5. The minimum Gasteiger partial charge on any atom is -0.439 e. The number of carbonyl (C=O) groups is 2. The molecule has 0 saturated heterocycles. The second kappa shape index (κ2) is 8.87. The maximum absolute atomic E-state index is 12.7. The van der Waals surface area contributed by atoms with Crippen molar-refractivity contribution < 1.29 is 14.3 Å². The van der Waals surface area contributed by atoms with E-state index in [1.807, 2.05) is 18.2 Å². The van der Waals surface area contributed by atoms with E-state index >= 15 is 0 Å². The zero-order valence-electron chi connectivity index (χ0n) is 16.4. The largest absolute Gasteiger partial charge is 0.439 e. The van der Waals surface area contributed by atoms with Crippen molar-refractivity contribution in [1.82, 2.24) is 20.1 Å². The first-order chi connectivity index (χ1) is 13.9. The summed E-state index contributed by atoms with van der Waals surface area (Å²) in [5.41, 5.74) is 0.333. The highest BCUT2D eigenvalue weighted by molar-refractivity contribution is 6.04. The summed E-state index contributed by atoms with van der Waals surface area (Å²) in [5.74, 6) is 1.28. The molecule has 9 heteroatoms. The van der Waals surface area contributed by atoms with Crippen molar-refractivity contribution in [3.63, 3.8) is 0 Å². The first-order valence-electron chi connectivity index (χ1n) is 8.89. The van der Waals surface area contributed by atoms with E-state index in [1.165, 1.54) is 11.1 Å². The number of ether oxygens (including phenoxy) is 1. The molecular weight excluding hydrogens is 372 g/mol. The van der Waals surface area contributed by atoms with Gasteiger partial charge < -0.3 is 19.9 Å². The van der Waals surface area contributed by atoms with Crippen LogP contribution in [-0.4, -0.2) is 59.6 Å². The molecule has 0 unspecified atom stereocenters. The lowest BCUT2D eigenvalue weighted by Crippen LogP contribution is -2.34. The molecule has 0 aliphatic rings. The predicted molar refractivity (Wildman–Crippen MR) is 109 cm³/mol. The zero-order valence-corrected chi connectivity index (χ0v) is 16.4. The molecule has 29 heavy (non-hydrogen) atoms. The SMILES string of the molecule is CN(C)C(=O)CN(C)c1cc(C(=O)Nc2ccn[nH]2)cc(Oc2ccccc2)n1. The molecule has 2 amide bonds. The minimum absolute atomic E-state index is 0.0906. The standard InChI is InChI=1S/C20H22N6O3/c1-25(2)19(27)13-26(3)17-11-14(20(28)22-16-9-10-21-24-16)12-18(23-17)29-15-7-5-4-6-8-15/h4-12H,13H2,1-3H3,(H2,21,22,24,28). The number of H-pyrrole nitrogens is 1. The molecule has 0 saturated carbocycles. The van der Waals surface area contributed by atoms with Crippen LogP contribution in [0.2, 0.25) is 0 Å². The van der Waals surface area contributed by atoms with E-state index in [4.69, 9.17) is 4.74 Å². The van der Waals surface area contributed by atoms with E-state index in [2.05, 4.69) is 20.5 Å². The smallest absolute Gasteiger partial charge is 0.257 e. The van der Waals surface area contributed by atoms with E-state index in [0.29, 0.717) is 22.9 Å². The number of benzene rings is 1. The Balaban J connectivity index is 1.90. The molecular formula is C20H22N6O3. The number of aromatic amines is 1. The van der Waals surface area contributed by atoms with Crippen molar-refractivity contribution in [1.29, 1.82) is 0 Å². The first kappa shape index (κ1) is 19.9. The molecule has 0 spiro atoms. The summed E-state index contributed by atoms with van der Waals surface area (Å²) >= 11 is 0. The van der Waals surface area contributed by atoms with Gasteiger partial charge in [0.15, 0.2) is 0 Å². The fourth-order valence-corrected chi connectivity index (χ4v) is 2.42. The van der Waals surface area contributed by atoms with Gasteiger partial charge in [0.25, 0.3) is 5.91 Å². The zero-order chi connectivity index (χ0) is 20.8. The maximum Gasteiger partial charge on any atom is 0.257 e. The summed E-state index contributed by atoms with van der Waals surface area (Å²) in [5, 5.41) is 9.21. The molecule has 0 bridgehead atoms. The lowest BCUT2D eigenvalue weighted by atomic mass is 10.2. The summed E-state index contributed by atoms with van der Waals surface area (Å²) < 4.78 is 5.81. The molecule has 0 aliphatic carbocycles. The van der Waals surface area contributed by atoms with Crippen LogP contribution in [-0.2, 0) is 4.79 Å². The van der Waals surface area contributed by atoms with Crippen LogP contribution in [0.15, 0.2) is 54.7 Å². The lowest BCUT2D eigenvalue weighted by molar-refractivity contribution is -0.127. The van der Waals surface area contributed by atoms with E-state index < -0.39 is 0 Å². The van der Waals surface area contributed by atoms with Crippen LogP contribution in [0.25, 0.3) is 0 Å². The van der Waals surface area contributed by atoms with Gasteiger partial charge in [-0.2, -0.15) is 10.1 Å². The summed E-state index contributed by atoms with van der Waals surface area (Å²) in [7, 11) is 5.09. The number of carbonyl (C=O) groups excluding carboxylic acids is 2. The molecule has 0 atom stereocenters. The number of rotatable bonds is 7. The molecule has 0 fully saturated rings. The van der Waals surface area contributed by atoms with Crippen molar-refractivity contribution in [3.8, 4) is 11.6 Å². The Kier molecular flexibility index (Phi) is 6.08. The number of anilines is 2. The highest BCUT2D eigenvalue weighted by Gasteiger charge is 2.16. The van der Waals surface area contributed by atoms with Crippen LogP contribution in [0.1, 0.15) is 10.4 Å². The molecule has 9 nitrogen and oxygen atoms in total. The van der Waals surface area contributed by atoms with Crippen LogP contribution in [0.3, 0.4) is 0 Å². The average Bonchev–Trinajstić information content (AvgIpc) is 3.21. The number of amides is 2. The van der Waals surface area contributed by atoms with Crippen molar-refractivity contribution in [3.05, 3.63) is 60.3 Å². The fraction of sp³-hybridized carbons (Fsp3) is 0.200. The van der Waals surface area contributed by atoms with Gasteiger partial charge in [-0.1, -0.05) is 18.2 Å². The number of pyridine rings is 1. The molecule has 1 aromatic carbocycles. The number of hydrogen-bond acceptors (Lipinski definition) is 6. The summed E-state index contributed by atoms with van der Waals surface area (Å²) in [6.07, 6.45) is 1.54. The lowest BCUT2D eigenvalue weighted by Gasteiger charge is -2.21. The van der Waals surface area contributed by atoms with Gasteiger partial charge in [-0.05, 0) is 18.2 Å². The summed E-state index contributed by atoms with van der Waals surface area (Å²) in [6.45, 7) is 0.108. The van der Waals surface area contributed by atoms with Crippen LogP contribution >= 0.6 is 0 Å². The van der Waals surface area contributed by atoms with E-state index in [9.17, 15) is 9.59 Å². The number of likely N-dealkylation sites (N-methyl/N-ethyl adjacent to an activating group) is 2. The highest BCUT2D eigenvalue weighted by Crippen LogP contribution is 2.24. The number of hydrogen-bond donors (Lipinski definition) is 2. The Bertz CT molecular complexity index is 973. The quantitative estimate of drug-likeness (QED) is 0.638. The second-order valence-electron chi connectivity index (χ2n) is 6.54. The molecule has 0 aliphatic heterocycles. The van der Waals surface area contributed by atoms with Gasteiger partial charge >= 0.3 is 0 Å². The van der Waals surface area contributed by atoms with Crippen molar-refractivity contribution in [2.75, 3.05) is 37.9 Å². The van der Waals surface area contributed by atoms with Crippen LogP contribution in [0.5, 0.6) is 11.6 Å². The van der Waals surface area contributed by atoms with E-state index in [-0.39, 0.29) is 24.2 Å². The van der Waals surface area contributed by atoms with Gasteiger partial charge in [-0.25, -0.2) is 0 Å². The third-order valence-electron chi connectivity index (χ3n) is 4.03. The Morgan fingerprint density at radius 1 is 1.10 bits per heavy atom. The molecule has 2 N–H and O–H groups in total. The predicted octanol–water partition coefficient (Wildman–Crippen LogP) is 2.37. The third kappa shape index (κ3) is 5.32. The number of nitrogens with one attached hydrogen (secondary N) is 2. The van der Waals surface area contributed by atoms with E-state index in [1.54, 1.807) is 56.4 Å². The topological polar surface area (TPSA) is 103 Å². The van der Waals surface area contributed by atoms with Gasteiger partial charge in [0, 0.05) is 38.8 Å². The third-order valence-corrected chi connectivity index (χ3v) is 4.03. The monoisotopic (exact) mass is 394 g/mol. The maximum atomic E-state index is 12.7.